The predicted octanol–water partition coefficient (Wildman–Crippen LogP) is 2.94. The molecule has 0 aromatic rings. The van der Waals surface area contributed by atoms with Gasteiger partial charge in [0.1, 0.15) is 0 Å². The van der Waals surface area contributed by atoms with E-state index in [2.05, 4.69) is 17.1 Å². The van der Waals surface area contributed by atoms with Crippen molar-refractivity contribution < 1.29 is 4.74 Å². The van der Waals surface area contributed by atoms with Crippen LogP contribution in [-0.4, -0.2) is 48.8 Å². The molecule has 20 heavy (non-hydrogen) atoms. The zero-order chi connectivity index (χ0) is 13.8. The number of nitrogens with zero attached hydrogens (tertiary/aromatic N) is 1. The summed E-state index contributed by atoms with van der Waals surface area (Å²) in [4.78, 5) is 2.63. The van der Waals surface area contributed by atoms with Crippen molar-refractivity contribution in [3.05, 3.63) is 0 Å². The smallest absolute Gasteiger partial charge is 0.0697 e. The largest absolute Gasteiger partial charge is 0.375 e. The second-order valence-electron chi connectivity index (χ2n) is 7.21. The normalized spacial score (nSPS) is 31.9. The first-order valence-electron chi connectivity index (χ1n) is 8.92. The second-order valence-corrected chi connectivity index (χ2v) is 7.21. The molecule has 1 unspecified atom stereocenters. The minimum Gasteiger partial charge on any atom is -0.375 e. The Morgan fingerprint density at radius 3 is 2.55 bits per heavy atom. The Bertz CT molecular complexity index is 293. The molecule has 3 heteroatoms. The van der Waals surface area contributed by atoms with Crippen molar-refractivity contribution >= 4 is 0 Å². The Hall–Kier alpha value is -0.120. The zero-order valence-corrected chi connectivity index (χ0v) is 13.2. The van der Waals surface area contributed by atoms with Crippen LogP contribution >= 0.6 is 0 Å². The van der Waals surface area contributed by atoms with Gasteiger partial charge in [-0.05, 0) is 64.6 Å². The third-order valence-corrected chi connectivity index (χ3v) is 5.61. The molecule has 2 saturated heterocycles. The molecule has 0 radical (unpaired) electrons. The molecule has 0 bridgehead atoms. The molecule has 1 atom stereocenters. The lowest BCUT2D eigenvalue weighted by atomic mass is 9.88. The van der Waals surface area contributed by atoms with E-state index in [1.165, 1.54) is 77.4 Å². The van der Waals surface area contributed by atoms with Gasteiger partial charge in [-0.3, -0.25) is 0 Å². The van der Waals surface area contributed by atoms with Crippen LogP contribution in [0.25, 0.3) is 0 Å². The number of rotatable bonds is 4. The summed E-state index contributed by atoms with van der Waals surface area (Å²) in [5, 5.41) is 3.96. The van der Waals surface area contributed by atoms with Crippen LogP contribution in [0, 0.1) is 0 Å². The summed E-state index contributed by atoms with van der Waals surface area (Å²) in [6.45, 7) is 7.13. The molecular weight excluding hydrogens is 248 g/mol. The molecule has 3 fully saturated rings. The van der Waals surface area contributed by atoms with Gasteiger partial charge in [-0.15, -0.1) is 0 Å². The molecular formula is C17H32N2O. The van der Waals surface area contributed by atoms with Crippen LogP contribution in [0.3, 0.4) is 0 Å². The summed E-state index contributed by atoms with van der Waals surface area (Å²) in [6.07, 6.45) is 11.8. The van der Waals surface area contributed by atoms with Crippen LogP contribution in [0.15, 0.2) is 0 Å². The number of piperidine rings is 1. The van der Waals surface area contributed by atoms with Crippen molar-refractivity contribution in [2.75, 3.05) is 26.2 Å². The molecule has 1 aliphatic carbocycles. The van der Waals surface area contributed by atoms with Crippen LogP contribution in [-0.2, 0) is 4.74 Å². The molecule has 0 aromatic heterocycles. The molecule has 3 rings (SSSR count). The van der Waals surface area contributed by atoms with Gasteiger partial charge in [0.05, 0.1) is 5.60 Å². The van der Waals surface area contributed by atoms with Crippen LogP contribution in [0.5, 0.6) is 0 Å². The molecule has 116 valence electrons. The van der Waals surface area contributed by atoms with E-state index in [1.54, 1.807) is 0 Å². The maximum Gasteiger partial charge on any atom is 0.0697 e. The summed E-state index contributed by atoms with van der Waals surface area (Å²) >= 11 is 0. The Labute approximate surface area is 124 Å². The Morgan fingerprint density at radius 2 is 1.85 bits per heavy atom. The van der Waals surface area contributed by atoms with E-state index in [1.807, 2.05) is 0 Å². The highest BCUT2D eigenvalue weighted by Crippen LogP contribution is 2.40. The van der Waals surface area contributed by atoms with E-state index in [-0.39, 0.29) is 5.60 Å². The molecule has 3 nitrogen and oxygen atoms in total. The quantitative estimate of drug-likeness (QED) is 0.857. The molecule has 2 heterocycles. The summed E-state index contributed by atoms with van der Waals surface area (Å²) in [6, 6.07) is 1.47. The number of hydrogen-bond acceptors (Lipinski definition) is 3. The van der Waals surface area contributed by atoms with Crippen LogP contribution in [0.2, 0.25) is 0 Å². The highest BCUT2D eigenvalue weighted by atomic mass is 16.5. The average Bonchev–Trinajstić information content (AvgIpc) is 2.89. The van der Waals surface area contributed by atoms with Crippen LogP contribution in [0.4, 0.5) is 0 Å². The minimum absolute atomic E-state index is 0.263. The maximum absolute atomic E-state index is 6.15. The Balaban J connectivity index is 1.44. The topological polar surface area (TPSA) is 24.5 Å². The number of ether oxygens (including phenoxy) is 1. The van der Waals surface area contributed by atoms with Crippen molar-refractivity contribution in [1.29, 1.82) is 0 Å². The Kier molecular flexibility index (Phi) is 5.00. The zero-order valence-electron chi connectivity index (χ0n) is 13.2. The first-order valence-corrected chi connectivity index (χ1v) is 8.92. The maximum atomic E-state index is 6.15. The molecule has 0 amide bonds. The van der Waals surface area contributed by atoms with Gasteiger partial charge in [-0.1, -0.05) is 19.8 Å². The minimum atomic E-state index is 0.263. The molecule has 2 aliphatic heterocycles. The summed E-state index contributed by atoms with van der Waals surface area (Å²) < 4.78 is 6.15. The standard InChI is InChI=1S/C17H32N2O/c1-2-10-19-11-5-15(6-12-19)18-16-7-13-20-17(14-16)8-3-4-9-17/h15-16,18H,2-14H2,1H3. The molecule has 1 N–H and O–H groups in total. The number of likely N-dealkylation sites (tertiary alicyclic amines) is 1. The van der Waals surface area contributed by atoms with Gasteiger partial charge >= 0.3 is 0 Å². The molecule has 1 saturated carbocycles. The van der Waals surface area contributed by atoms with E-state index < -0.39 is 0 Å². The van der Waals surface area contributed by atoms with Crippen molar-refractivity contribution in [3.8, 4) is 0 Å². The van der Waals surface area contributed by atoms with E-state index in [0.29, 0.717) is 6.04 Å². The number of nitrogens with one attached hydrogen (secondary N) is 1. The van der Waals surface area contributed by atoms with Gasteiger partial charge in [0.2, 0.25) is 0 Å². The van der Waals surface area contributed by atoms with Crippen LogP contribution in [0.1, 0.15) is 64.7 Å². The van der Waals surface area contributed by atoms with E-state index in [4.69, 9.17) is 4.74 Å². The molecule has 3 aliphatic rings. The Morgan fingerprint density at radius 1 is 1.10 bits per heavy atom. The number of hydrogen-bond donors (Lipinski definition) is 1. The average molecular weight is 280 g/mol. The summed E-state index contributed by atoms with van der Waals surface area (Å²) in [5.41, 5.74) is 0.263. The van der Waals surface area contributed by atoms with Crippen molar-refractivity contribution in [1.82, 2.24) is 10.2 Å². The van der Waals surface area contributed by atoms with Gasteiger partial charge in [-0.2, -0.15) is 0 Å². The van der Waals surface area contributed by atoms with Gasteiger partial charge in [0, 0.05) is 18.7 Å². The lowest BCUT2D eigenvalue weighted by Crippen LogP contribution is -2.51. The van der Waals surface area contributed by atoms with Gasteiger partial charge in [0.25, 0.3) is 0 Å². The van der Waals surface area contributed by atoms with Gasteiger partial charge in [-0.25, -0.2) is 0 Å². The SMILES string of the molecule is CCCN1CCC(NC2CCOC3(CCCC3)C2)CC1. The van der Waals surface area contributed by atoms with Crippen molar-refractivity contribution in [3.63, 3.8) is 0 Å². The lowest BCUT2D eigenvalue weighted by Gasteiger charge is -2.41. The van der Waals surface area contributed by atoms with Gasteiger partial charge < -0.3 is 15.0 Å². The highest BCUT2D eigenvalue weighted by Gasteiger charge is 2.40. The third kappa shape index (κ3) is 3.55. The fraction of sp³-hybridized carbons (Fsp3) is 1.00. The predicted molar refractivity (Wildman–Crippen MR) is 83.1 cm³/mol. The first-order chi connectivity index (χ1) is 9.80. The van der Waals surface area contributed by atoms with E-state index >= 15 is 0 Å². The van der Waals surface area contributed by atoms with Crippen molar-refractivity contribution in [2.24, 2.45) is 0 Å². The third-order valence-electron chi connectivity index (χ3n) is 5.61. The highest BCUT2D eigenvalue weighted by molar-refractivity contribution is 4.94. The monoisotopic (exact) mass is 280 g/mol. The van der Waals surface area contributed by atoms with Crippen molar-refractivity contribution in [2.45, 2.75) is 82.4 Å². The fourth-order valence-electron chi connectivity index (χ4n) is 4.51. The van der Waals surface area contributed by atoms with Gasteiger partial charge in [0.15, 0.2) is 0 Å². The summed E-state index contributed by atoms with van der Waals surface area (Å²) in [7, 11) is 0. The van der Waals surface area contributed by atoms with Crippen LogP contribution < -0.4 is 5.32 Å². The first kappa shape index (κ1) is 14.8. The molecule has 0 aromatic carbocycles. The lowest BCUT2D eigenvalue weighted by molar-refractivity contribution is -0.0853. The fourth-order valence-corrected chi connectivity index (χ4v) is 4.51. The summed E-state index contributed by atoms with van der Waals surface area (Å²) in [5.74, 6) is 0. The molecule has 1 spiro atoms. The van der Waals surface area contributed by atoms with E-state index in [9.17, 15) is 0 Å². The second kappa shape index (κ2) is 6.76. The van der Waals surface area contributed by atoms with E-state index in [0.717, 1.165) is 12.6 Å².